The Labute approximate surface area is 105 Å². The quantitative estimate of drug-likeness (QED) is 0.850. The molecule has 2 saturated heterocycles. The third-order valence-corrected chi connectivity index (χ3v) is 4.31. The molecule has 0 unspecified atom stereocenters. The molecule has 0 radical (unpaired) electrons. The van der Waals surface area contributed by atoms with E-state index in [0.717, 1.165) is 36.1 Å². The second-order valence-electron chi connectivity index (χ2n) is 5.36. The highest BCUT2D eigenvalue weighted by Gasteiger charge is 2.56. The van der Waals surface area contributed by atoms with Gasteiger partial charge in [-0.25, -0.2) is 15.0 Å². The first-order valence-electron chi connectivity index (χ1n) is 6.26. The molecule has 0 amide bonds. The van der Waals surface area contributed by atoms with Crippen molar-refractivity contribution in [3.8, 4) is 0 Å². The Hall–Kier alpha value is -1.75. The molecule has 2 bridgehead atoms. The number of aliphatic hydroxyl groups is 1. The lowest BCUT2D eigenvalue weighted by atomic mass is 9.74. The van der Waals surface area contributed by atoms with Crippen LogP contribution in [0.15, 0.2) is 24.8 Å². The molecule has 1 saturated carbocycles. The summed E-state index contributed by atoms with van der Waals surface area (Å²) < 4.78 is 0. The molecule has 0 atom stereocenters. The van der Waals surface area contributed by atoms with Crippen LogP contribution in [-0.4, -0.2) is 38.7 Å². The van der Waals surface area contributed by atoms with Gasteiger partial charge in [0.25, 0.3) is 0 Å². The van der Waals surface area contributed by atoms with Crippen LogP contribution in [0.4, 0.5) is 5.82 Å². The van der Waals surface area contributed by atoms with E-state index in [1.165, 1.54) is 0 Å². The standard InChI is InChI=1S/C13H14N4O/c18-7-13-3-9(4-13)6-17(13)12-10-5-14-8-16-11(10)1-2-15-12/h1-2,5,8-9,18H,3-4,6-7H2. The number of rotatable bonds is 2. The molecule has 5 nitrogen and oxygen atoms in total. The third kappa shape index (κ3) is 1.17. The summed E-state index contributed by atoms with van der Waals surface area (Å²) in [4.78, 5) is 15.1. The van der Waals surface area contributed by atoms with E-state index in [0.29, 0.717) is 5.92 Å². The molecule has 0 aromatic carbocycles. The Morgan fingerprint density at radius 2 is 2.28 bits per heavy atom. The Morgan fingerprint density at radius 1 is 1.39 bits per heavy atom. The Bertz CT molecular complexity index is 603. The maximum absolute atomic E-state index is 9.67. The van der Waals surface area contributed by atoms with Crippen LogP contribution in [-0.2, 0) is 0 Å². The minimum absolute atomic E-state index is 0.0816. The van der Waals surface area contributed by atoms with Crippen molar-refractivity contribution < 1.29 is 5.11 Å². The number of fused-ring (bicyclic) bond motifs is 2. The molecule has 0 spiro atoms. The van der Waals surface area contributed by atoms with Gasteiger partial charge in [0.15, 0.2) is 0 Å². The van der Waals surface area contributed by atoms with Crippen molar-refractivity contribution in [2.75, 3.05) is 18.1 Å². The number of hydrogen-bond acceptors (Lipinski definition) is 5. The fourth-order valence-electron chi connectivity index (χ4n) is 3.45. The van der Waals surface area contributed by atoms with Gasteiger partial charge in [0.1, 0.15) is 12.1 Å². The van der Waals surface area contributed by atoms with Gasteiger partial charge in [0, 0.05) is 18.9 Å². The van der Waals surface area contributed by atoms with Crippen LogP contribution in [0.3, 0.4) is 0 Å². The molecule has 2 aliphatic heterocycles. The molecule has 3 aliphatic rings. The van der Waals surface area contributed by atoms with Crippen molar-refractivity contribution in [1.29, 1.82) is 0 Å². The summed E-state index contributed by atoms with van der Waals surface area (Å²) >= 11 is 0. The van der Waals surface area contributed by atoms with Crippen molar-refractivity contribution in [3.05, 3.63) is 24.8 Å². The van der Waals surface area contributed by atoms with Crippen molar-refractivity contribution in [2.24, 2.45) is 5.92 Å². The van der Waals surface area contributed by atoms with Gasteiger partial charge in [-0.2, -0.15) is 0 Å². The molecule has 4 heterocycles. The van der Waals surface area contributed by atoms with Crippen molar-refractivity contribution in [1.82, 2.24) is 15.0 Å². The lowest BCUT2D eigenvalue weighted by molar-refractivity contribution is 0.129. The van der Waals surface area contributed by atoms with Gasteiger partial charge in [0.2, 0.25) is 0 Å². The van der Waals surface area contributed by atoms with Crippen LogP contribution < -0.4 is 4.90 Å². The van der Waals surface area contributed by atoms with Gasteiger partial charge < -0.3 is 10.0 Å². The first kappa shape index (κ1) is 10.2. The Kier molecular flexibility index (Phi) is 1.92. The summed E-state index contributed by atoms with van der Waals surface area (Å²) in [6, 6.07) is 1.90. The molecule has 1 N–H and O–H groups in total. The lowest BCUT2D eigenvalue weighted by Gasteiger charge is -2.41. The largest absolute Gasteiger partial charge is 0.394 e. The number of pyridine rings is 1. The first-order valence-corrected chi connectivity index (χ1v) is 6.26. The van der Waals surface area contributed by atoms with Gasteiger partial charge in [-0.15, -0.1) is 0 Å². The van der Waals surface area contributed by atoms with Crippen molar-refractivity contribution in [2.45, 2.75) is 18.4 Å². The van der Waals surface area contributed by atoms with E-state index in [-0.39, 0.29) is 12.1 Å². The van der Waals surface area contributed by atoms with Gasteiger partial charge in [-0.3, -0.25) is 0 Å². The van der Waals surface area contributed by atoms with E-state index in [1.807, 2.05) is 12.3 Å². The van der Waals surface area contributed by atoms with Gasteiger partial charge in [-0.05, 0) is 24.8 Å². The number of aliphatic hydroxyl groups excluding tert-OH is 1. The highest BCUT2D eigenvalue weighted by Crippen LogP contribution is 2.52. The molecule has 5 heteroatoms. The van der Waals surface area contributed by atoms with Crippen LogP contribution in [0.25, 0.3) is 10.9 Å². The maximum Gasteiger partial charge on any atom is 0.140 e. The normalized spacial score (nSPS) is 29.6. The predicted molar refractivity (Wildman–Crippen MR) is 67.2 cm³/mol. The summed E-state index contributed by atoms with van der Waals surface area (Å²) in [5.41, 5.74) is 0.828. The minimum atomic E-state index is -0.0816. The van der Waals surface area contributed by atoms with E-state index >= 15 is 0 Å². The summed E-state index contributed by atoms with van der Waals surface area (Å²) in [5, 5.41) is 10.6. The molecule has 3 fully saturated rings. The number of nitrogens with zero attached hydrogens (tertiary/aromatic N) is 4. The van der Waals surface area contributed by atoms with Crippen molar-refractivity contribution in [3.63, 3.8) is 0 Å². The summed E-state index contributed by atoms with van der Waals surface area (Å²) in [7, 11) is 0. The second kappa shape index (κ2) is 3.38. The summed E-state index contributed by atoms with van der Waals surface area (Å²) in [6.45, 7) is 1.19. The number of aromatic nitrogens is 3. The molecule has 2 aromatic rings. The lowest BCUT2D eigenvalue weighted by Crippen LogP contribution is -2.49. The van der Waals surface area contributed by atoms with E-state index in [9.17, 15) is 5.11 Å². The van der Waals surface area contributed by atoms with E-state index in [4.69, 9.17) is 0 Å². The second-order valence-corrected chi connectivity index (χ2v) is 5.36. The Balaban J connectivity index is 1.88. The molecule has 18 heavy (non-hydrogen) atoms. The van der Waals surface area contributed by atoms with E-state index in [1.54, 1.807) is 12.5 Å². The molecule has 92 valence electrons. The first-order chi connectivity index (χ1) is 8.82. The van der Waals surface area contributed by atoms with Crippen LogP contribution in [0.2, 0.25) is 0 Å². The zero-order valence-electron chi connectivity index (χ0n) is 9.95. The van der Waals surface area contributed by atoms with E-state index in [2.05, 4.69) is 19.9 Å². The molecular formula is C13H14N4O. The van der Waals surface area contributed by atoms with Crippen LogP contribution in [0.1, 0.15) is 12.8 Å². The predicted octanol–water partition coefficient (Wildman–Crippen LogP) is 0.986. The smallest absolute Gasteiger partial charge is 0.140 e. The highest BCUT2D eigenvalue weighted by molar-refractivity contribution is 5.89. The minimum Gasteiger partial charge on any atom is -0.394 e. The van der Waals surface area contributed by atoms with Gasteiger partial charge in [0.05, 0.1) is 23.0 Å². The van der Waals surface area contributed by atoms with Crippen molar-refractivity contribution >= 4 is 16.7 Å². The van der Waals surface area contributed by atoms with Gasteiger partial charge in [-0.1, -0.05) is 0 Å². The fourth-order valence-corrected chi connectivity index (χ4v) is 3.45. The van der Waals surface area contributed by atoms with E-state index < -0.39 is 0 Å². The molecule has 2 aromatic heterocycles. The third-order valence-electron chi connectivity index (χ3n) is 4.31. The summed E-state index contributed by atoms with van der Waals surface area (Å²) in [6.07, 6.45) is 7.30. The monoisotopic (exact) mass is 242 g/mol. The Morgan fingerprint density at radius 3 is 3.11 bits per heavy atom. The summed E-state index contributed by atoms with van der Waals surface area (Å²) in [5.74, 6) is 1.63. The molecular weight excluding hydrogens is 228 g/mol. The number of hydrogen-bond donors (Lipinski definition) is 1. The fraction of sp³-hybridized carbons (Fsp3) is 0.462. The van der Waals surface area contributed by atoms with Crippen LogP contribution in [0, 0.1) is 5.92 Å². The van der Waals surface area contributed by atoms with Gasteiger partial charge >= 0.3 is 0 Å². The zero-order chi connectivity index (χ0) is 12.2. The van der Waals surface area contributed by atoms with Crippen LogP contribution in [0.5, 0.6) is 0 Å². The zero-order valence-corrected chi connectivity index (χ0v) is 9.95. The van der Waals surface area contributed by atoms with Crippen LogP contribution >= 0.6 is 0 Å². The molecule has 1 aliphatic carbocycles. The maximum atomic E-state index is 9.67. The average molecular weight is 242 g/mol. The number of anilines is 1. The topological polar surface area (TPSA) is 62.1 Å². The highest BCUT2D eigenvalue weighted by atomic mass is 16.3. The average Bonchev–Trinajstić information content (AvgIpc) is 2.92. The SMILES string of the molecule is OCC12CC(CN1c1nccc3ncncc13)C2. The molecule has 5 rings (SSSR count).